The number of hydrogen-bond donors (Lipinski definition) is 0. The van der Waals surface area contributed by atoms with Crippen molar-refractivity contribution in [3.63, 3.8) is 0 Å². The lowest BCUT2D eigenvalue weighted by atomic mass is 10.0. The molecular formula is C16H22Cl2N2O2. The zero-order valence-corrected chi connectivity index (χ0v) is 15.0. The van der Waals surface area contributed by atoms with Crippen LogP contribution in [0.25, 0.3) is 0 Å². The Bertz CT molecular complexity index is 504. The first-order chi connectivity index (χ1) is 10.4. The highest BCUT2D eigenvalue weighted by Crippen LogP contribution is 2.27. The maximum absolute atomic E-state index is 12.6. The SMILES string of the molecule is CCN(CC)C(=O)c1cc(Cl)c(Cl)cc1C(=O)N(CC)CC. The topological polar surface area (TPSA) is 40.6 Å². The molecule has 0 aromatic heterocycles. The van der Waals surface area contributed by atoms with Gasteiger partial charge in [0.05, 0.1) is 21.2 Å². The number of rotatable bonds is 6. The van der Waals surface area contributed by atoms with Crippen LogP contribution in [0.2, 0.25) is 10.0 Å². The smallest absolute Gasteiger partial charge is 0.254 e. The second-order valence-corrected chi connectivity index (χ2v) is 5.58. The van der Waals surface area contributed by atoms with Gasteiger partial charge in [0.15, 0.2) is 0 Å². The molecule has 0 bridgehead atoms. The van der Waals surface area contributed by atoms with Gasteiger partial charge < -0.3 is 9.80 Å². The van der Waals surface area contributed by atoms with Gasteiger partial charge in [-0.15, -0.1) is 0 Å². The minimum Gasteiger partial charge on any atom is -0.339 e. The highest BCUT2D eigenvalue weighted by molar-refractivity contribution is 6.42. The van der Waals surface area contributed by atoms with E-state index in [9.17, 15) is 9.59 Å². The van der Waals surface area contributed by atoms with Crippen molar-refractivity contribution in [1.29, 1.82) is 0 Å². The average Bonchev–Trinajstić information content (AvgIpc) is 2.51. The minimum absolute atomic E-state index is 0.209. The van der Waals surface area contributed by atoms with Gasteiger partial charge in [-0.2, -0.15) is 0 Å². The third kappa shape index (κ3) is 3.93. The summed E-state index contributed by atoms with van der Waals surface area (Å²) in [4.78, 5) is 28.6. The molecule has 2 amide bonds. The summed E-state index contributed by atoms with van der Waals surface area (Å²) in [5.41, 5.74) is 0.602. The van der Waals surface area contributed by atoms with Gasteiger partial charge >= 0.3 is 0 Å². The fourth-order valence-corrected chi connectivity index (χ4v) is 2.59. The highest BCUT2D eigenvalue weighted by Gasteiger charge is 2.24. The highest BCUT2D eigenvalue weighted by atomic mass is 35.5. The molecule has 0 atom stereocenters. The van der Waals surface area contributed by atoms with Crippen molar-refractivity contribution < 1.29 is 9.59 Å². The van der Waals surface area contributed by atoms with E-state index in [0.29, 0.717) is 37.3 Å². The van der Waals surface area contributed by atoms with Crippen LogP contribution in [0.1, 0.15) is 48.4 Å². The summed E-state index contributed by atoms with van der Waals surface area (Å²) in [7, 11) is 0. The molecule has 1 aromatic rings. The largest absolute Gasteiger partial charge is 0.339 e. The molecule has 0 saturated carbocycles. The monoisotopic (exact) mass is 344 g/mol. The van der Waals surface area contributed by atoms with Crippen LogP contribution in [0.4, 0.5) is 0 Å². The summed E-state index contributed by atoms with van der Waals surface area (Å²) in [5.74, 6) is -0.418. The molecule has 0 aliphatic carbocycles. The van der Waals surface area contributed by atoms with E-state index in [-0.39, 0.29) is 21.9 Å². The number of halogens is 2. The van der Waals surface area contributed by atoms with Crippen LogP contribution >= 0.6 is 23.2 Å². The van der Waals surface area contributed by atoms with Gasteiger partial charge in [0, 0.05) is 26.2 Å². The first-order valence-corrected chi connectivity index (χ1v) is 8.24. The van der Waals surface area contributed by atoms with Crippen LogP contribution in [0.3, 0.4) is 0 Å². The normalized spacial score (nSPS) is 10.5. The van der Waals surface area contributed by atoms with Gasteiger partial charge in [-0.25, -0.2) is 0 Å². The molecule has 0 radical (unpaired) electrons. The summed E-state index contributed by atoms with van der Waals surface area (Å²) >= 11 is 12.1. The summed E-state index contributed by atoms with van der Waals surface area (Å²) in [5, 5.41) is 0.543. The second kappa shape index (κ2) is 8.39. The van der Waals surface area contributed by atoms with Crippen LogP contribution in [0.5, 0.6) is 0 Å². The third-order valence-electron chi connectivity index (χ3n) is 3.62. The van der Waals surface area contributed by atoms with E-state index in [2.05, 4.69) is 0 Å². The molecule has 1 aromatic carbocycles. The van der Waals surface area contributed by atoms with Crippen molar-refractivity contribution in [2.24, 2.45) is 0 Å². The molecule has 0 N–H and O–H groups in total. The summed E-state index contributed by atoms with van der Waals surface area (Å²) < 4.78 is 0. The molecule has 0 aliphatic rings. The molecule has 0 unspecified atom stereocenters. The molecular weight excluding hydrogens is 323 g/mol. The number of amides is 2. The first-order valence-electron chi connectivity index (χ1n) is 7.48. The van der Waals surface area contributed by atoms with Crippen molar-refractivity contribution in [1.82, 2.24) is 9.80 Å². The van der Waals surface area contributed by atoms with E-state index >= 15 is 0 Å². The van der Waals surface area contributed by atoms with Gasteiger partial charge in [0.2, 0.25) is 0 Å². The average molecular weight is 345 g/mol. The third-order valence-corrected chi connectivity index (χ3v) is 4.34. The lowest BCUT2D eigenvalue weighted by Gasteiger charge is -2.23. The summed E-state index contributed by atoms with van der Waals surface area (Å²) in [6, 6.07) is 2.97. The fourth-order valence-electron chi connectivity index (χ4n) is 2.26. The molecule has 0 fully saturated rings. The van der Waals surface area contributed by atoms with Crippen LogP contribution in [0, 0.1) is 0 Å². The van der Waals surface area contributed by atoms with Gasteiger partial charge in [-0.3, -0.25) is 9.59 Å². The van der Waals surface area contributed by atoms with E-state index < -0.39 is 0 Å². The number of benzene rings is 1. The van der Waals surface area contributed by atoms with Gasteiger partial charge in [0.25, 0.3) is 11.8 Å². The van der Waals surface area contributed by atoms with E-state index in [1.54, 1.807) is 9.80 Å². The number of hydrogen-bond acceptors (Lipinski definition) is 2. The van der Waals surface area contributed by atoms with Crippen LogP contribution in [-0.4, -0.2) is 47.8 Å². The minimum atomic E-state index is -0.209. The van der Waals surface area contributed by atoms with Gasteiger partial charge in [-0.05, 0) is 39.8 Å². The first kappa shape index (κ1) is 18.8. The zero-order chi connectivity index (χ0) is 16.9. The van der Waals surface area contributed by atoms with Gasteiger partial charge in [0.1, 0.15) is 0 Å². The number of nitrogens with zero attached hydrogens (tertiary/aromatic N) is 2. The Morgan fingerprint density at radius 3 is 1.27 bits per heavy atom. The molecule has 0 heterocycles. The number of carbonyl (C=O) groups is 2. The molecule has 1 rings (SSSR count). The maximum Gasteiger partial charge on any atom is 0.254 e. The van der Waals surface area contributed by atoms with Crippen LogP contribution in [-0.2, 0) is 0 Å². The van der Waals surface area contributed by atoms with Crippen molar-refractivity contribution in [3.05, 3.63) is 33.3 Å². The van der Waals surface area contributed by atoms with Crippen molar-refractivity contribution in [2.75, 3.05) is 26.2 Å². The fraction of sp³-hybridized carbons (Fsp3) is 0.500. The van der Waals surface area contributed by atoms with E-state index in [0.717, 1.165) is 0 Å². The Labute approximate surface area is 142 Å². The summed E-state index contributed by atoms with van der Waals surface area (Å²) in [6.07, 6.45) is 0. The second-order valence-electron chi connectivity index (χ2n) is 4.77. The van der Waals surface area contributed by atoms with Crippen molar-refractivity contribution in [3.8, 4) is 0 Å². The van der Waals surface area contributed by atoms with Crippen molar-refractivity contribution >= 4 is 35.0 Å². The molecule has 6 heteroatoms. The Morgan fingerprint density at radius 2 is 1.05 bits per heavy atom. The quantitative estimate of drug-likeness (QED) is 0.783. The van der Waals surface area contributed by atoms with E-state index in [4.69, 9.17) is 23.2 Å². The van der Waals surface area contributed by atoms with Crippen LogP contribution in [0.15, 0.2) is 12.1 Å². The van der Waals surface area contributed by atoms with Crippen LogP contribution < -0.4 is 0 Å². The predicted molar refractivity (Wildman–Crippen MR) is 91.0 cm³/mol. The molecule has 0 spiro atoms. The van der Waals surface area contributed by atoms with Gasteiger partial charge in [-0.1, -0.05) is 23.2 Å². The summed E-state index contributed by atoms with van der Waals surface area (Å²) in [6.45, 7) is 9.83. The Hall–Kier alpha value is -1.26. The van der Waals surface area contributed by atoms with E-state index in [1.807, 2.05) is 27.7 Å². The predicted octanol–water partition coefficient (Wildman–Crippen LogP) is 3.96. The Balaban J connectivity index is 3.40. The lowest BCUT2D eigenvalue weighted by Crippen LogP contribution is -2.35. The molecule has 0 aliphatic heterocycles. The molecule has 0 saturated heterocycles. The van der Waals surface area contributed by atoms with Crippen molar-refractivity contribution in [2.45, 2.75) is 27.7 Å². The molecule has 122 valence electrons. The number of carbonyl (C=O) groups excluding carboxylic acids is 2. The Morgan fingerprint density at radius 1 is 0.773 bits per heavy atom. The zero-order valence-electron chi connectivity index (χ0n) is 13.4. The maximum atomic E-state index is 12.6. The standard InChI is InChI=1S/C16H22Cl2N2O2/c1-5-19(6-2)15(21)11-9-13(17)14(18)10-12(11)16(22)20(7-3)8-4/h9-10H,5-8H2,1-4H3. The Kier molecular flexibility index (Phi) is 7.17. The van der Waals surface area contributed by atoms with E-state index in [1.165, 1.54) is 12.1 Å². The molecule has 22 heavy (non-hydrogen) atoms. The molecule has 4 nitrogen and oxygen atoms in total. The lowest BCUT2D eigenvalue weighted by molar-refractivity contribution is 0.0733.